The van der Waals surface area contributed by atoms with Gasteiger partial charge in [0.1, 0.15) is 11.5 Å². The van der Waals surface area contributed by atoms with Crippen molar-refractivity contribution in [3.63, 3.8) is 0 Å². The molecule has 0 saturated carbocycles. The van der Waals surface area contributed by atoms with E-state index in [1.54, 1.807) is 23.1 Å². The highest BCUT2D eigenvalue weighted by Gasteiger charge is 2.26. The monoisotopic (exact) mass is 331 g/mol. The minimum absolute atomic E-state index is 0.148. The molecule has 1 amide bonds. The molecule has 24 heavy (non-hydrogen) atoms. The Morgan fingerprint density at radius 2 is 2.17 bits per heavy atom. The van der Waals surface area contributed by atoms with Crippen LogP contribution in [0.15, 0.2) is 41.2 Å². The van der Waals surface area contributed by atoms with Crippen LogP contribution in [0.4, 0.5) is 4.39 Å². The number of nitrogens with zero attached hydrogens (tertiary/aromatic N) is 2. The van der Waals surface area contributed by atoms with E-state index < -0.39 is 0 Å². The van der Waals surface area contributed by atoms with Crippen LogP contribution in [0.3, 0.4) is 0 Å². The van der Waals surface area contributed by atoms with E-state index in [1.807, 2.05) is 0 Å². The number of hydrogen-bond acceptors (Lipinski definition) is 4. The first kappa shape index (κ1) is 16.3. The van der Waals surface area contributed by atoms with Crippen molar-refractivity contribution in [2.75, 3.05) is 13.1 Å². The normalized spacial score (nSPS) is 17.7. The molecule has 2 heterocycles. The lowest BCUT2D eigenvalue weighted by molar-refractivity contribution is -0.00781. The number of H-pyrrole nitrogens is 1. The average molecular weight is 331 g/mol. The molecule has 1 saturated heterocycles. The Morgan fingerprint density at radius 3 is 2.92 bits per heavy atom. The summed E-state index contributed by atoms with van der Waals surface area (Å²) in [4.78, 5) is 25.1. The van der Waals surface area contributed by atoms with E-state index >= 15 is 0 Å². The zero-order chi connectivity index (χ0) is 16.9. The summed E-state index contributed by atoms with van der Waals surface area (Å²) in [7, 11) is 0. The second-order valence-corrected chi connectivity index (χ2v) is 5.72. The molecule has 0 unspecified atom stereocenters. The van der Waals surface area contributed by atoms with Crippen molar-refractivity contribution >= 4 is 5.91 Å². The largest absolute Gasteiger partial charge is 0.372 e. The number of carbonyl (C=O) groups is 1. The van der Waals surface area contributed by atoms with Gasteiger partial charge in [-0.3, -0.25) is 9.59 Å². The van der Waals surface area contributed by atoms with Crippen molar-refractivity contribution in [1.82, 2.24) is 15.1 Å². The van der Waals surface area contributed by atoms with Gasteiger partial charge in [-0.25, -0.2) is 9.49 Å². The van der Waals surface area contributed by atoms with E-state index in [1.165, 1.54) is 18.2 Å². The van der Waals surface area contributed by atoms with E-state index in [0.717, 1.165) is 12.8 Å². The highest BCUT2D eigenvalue weighted by Crippen LogP contribution is 2.17. The van der Waals surface area contributed by atoms with Gasteiger partial charge in [-0.2, -0.15) is 5.10 Å². The summed E-state index contributed by atoms with van der Waals surface area (Å²) in [5, 5.41) is 6.02. The average Bonchev–Trinajstić information content (AvgIpc) is 2.61. The standard InChI is InChI=1S/C17H18FN3O3/c18-14-6-2-1-4-12(14)11-24-13-5-3-9-21(10-13)17(23)15-7-8-16(22)20-19-15/h1-2,4,6-8,13H,3,5,9-11H2,(H,20,22)/t13-/m0/s1. The van der Waals surface area contributed by atoms with E-state index in [0.29, 0.717) is 18.7 Å². The molecule has 1 aromatic carbocycles. The molecule has 1 aliphatic rings. The number of benzene rings is 1. The fourth-order valence-corrected chi connectivity index (χ4v) is 2.71. The van der Waals surface area contributed by atoms with Gasteiger partial charge in [0.2, 0.25) is 0 Å². The van der Waals surface area contributed by atoms with Gasteiger partial charge in [-0.15, -0.1) is 0 Å². The van der Waals surface area contributed by atoms with E-state index in [4.69, 9.17) is 4.74 Å². The predicted octanol–water partition coefficient (Wildman–Crippen LogP) is 1.73. The molecule has 0 aliphatic carbocycles. The third-order valence-corrected chi connectivity index (χ3v) is 4.00. The highest BCUT2D eigenvalue weighted by atomic mass is 19.1. The molecule has 2 aromatic rings. The number of nitrogens with one attached hydrogen (secondary N) is 1. The van der Waals surface area contributed by atoms with Gasteiger partial charge in [0.25, 0.3) is 11.5 Å². The number of aromatic nitrogens is 2. The topological polar surface area (TPSA) is 75.3 Å². The molecule has 1 N–H and O–H groups in total. The first-order valence-electron chi connectivity index (χ1n) is 7.83. The van der Waals surface area contributed by atoms with E-state index in [2.05, 4.69) is 10.2 Å². The SMILES string of the molecule is O=C(c1ccc(=O)[nH]n1)N1CCC[C@H](OCc2ccccc2F)C1. The number of piperidine rings is 1. The second-order valence-electron chi connectivity index (χ2n) is 5.72. The van der Waals surface area contributed by atoms with Crippen LogP contribution in [0, 0.1) is 5.82 Å². The molecule has 1 aliphatic heterocycles. The van der Waals surface area contributed by atoms with E-state index in [9.17, 15) is 14.0 Å². The van der Waals surface area contributed by atoms with Crippen molar-refractivity contribution in [2.45, 2.75) is 25.6 Å². The van der Waals surface area contributed by atoms with Gasteiger partial charge in [0.05, 0.1) is 12.7 Å². The Balaban J connectivity index is 1.60. The molecule has 0 bridgehead atoms. The number of carbonyl (C=O) groups excluding carboxylic acids is 1. The summed E-state index contributed by atoms with van der Waals surface area (Å²) >= 11 is 0. The fourth-order valence-electron chi connectivity index (χ4n) is 2.71. The zero-order valence-corrected chi connectivity index (χ0v) is 13.1. The molecular weight excluding hydrogens is 313 g/mol. The first-order chi connectivity index (χ1) is 11.6. The predicted molar refractivity (Wildman–Crippen MR) is 85.0 cm³/mol. The number of halogens is 1. The number of amides is 1. The quantitative estimate of drug-likeness (QED) is 0.926. The van der Waals surface area contributed by atoms with E-state index in [-0.39, 0.29) is 35.7 Å². The number of hydrogen-bond donors (Lipinski definition) is 1. The lowest BCUT2D eigenvalue weighted by Gasteiger charge is -2.32. The molecule has 0 spiro atoms. The smallest absolute Gasteiger partial charge is 0.274 e. The number of rotatable bonds is 4. The molecule has 1 fully saturated rings. The van der Waals surface area contributed by atoms with Crippen molar-refractivity contribution in [2.24, 2.45) is 0 Å². The summed E-state index contributed by atoms with van der Waals surface area (Å²) in [6.07, 6.45) is 1.47. The van der Waals surface area contributed by atoms with Crippen LogP contribution in [0.1, 0.15) is 28.9 Å². The maximum Gasteiger partial charge on any atom is 0.274 e. The van der Waals surface area contributed by atoms with Gasteiger partial charge in [-0.1, -0.05) is 18.2 Å². The van der Waals surface area contributed by atoms with Crippen LogP contribution in [-0.4, -0.2) is 40.2 Å². The van der Waals surface area contributed by atoms with Crippen LogP contribution in [-0.2, 0) is 11.3 Å². The van der Waals surface area contributed by atoms with Gasteiger partial charge in [0, 0.05) is 24.7 Å². The third-order valence-electron chi connectivity index (χ3n) is 4.00. The minimum Gasteiger partial charge on any atom is -0.372 e. The molecule has 126 valence electrons. The zero-order valence-electron chi connectivity index (χ0n) is 13.1. The Morgan fingerprint density at radius 1 is 1.33 bits per heavy atom. The van der Waals surface area contributed by atoms with Crippen molar-refractivity contribution in [3.8, 4) is 0 Å². The van der Waals surface area contributed by atoms with Gasteiger partial charge < -0.3 is 9.64 Å². The molecule has 3 rings (SSSR count). The summed E-state index contributed by atoms with van der Waals surface area (Å²) < 4.78 is 19.4. The van der Waals surface area contributed by atoms with Crippen LogP contribution >= 0.6 is 0 Å². The molecule has 0 radical (unpaired) electrons. The van der Waals surface area contributed by atoms with Gasteiger partial charge in [-0.05, 0) is 25.0 Å². The lowest BCUT2D eigenvalue weighted by Crippen LogP contribution is -2.43. The molecule has 7 heteroatoms. The summed E-state index contributed by atoms with van der Waals surface area (Å²) in [5.74, 6) is -0.538. The fraction of sp³-hybridized carbons (Fsp3) is 0.353. The lowest BCUT2D eigenvalue weighted by atomic mass is 10.1. The number of ether oxygens (including phenoxy) is 1. The number of aromatic amines is 1. The Bertz CT molecular complexity index is 757. The Hall–Kier alpha value is -2.54. The first-order valence-corrected chi connectivity index (χ1v) is 7.83. The van der Waals surface area contributed by atoms with Crippen LogP contribution in [0.2, 0.25) is 0 Å². The molecular formula is C17H18FN3O3. The Labute approximate surface area is 138 Å². The third kappa shape index (κ3) is 3.86. The number of likely N-dealkylation sites (tertiary alicyclic amines) is 1. The summed E-state index contributed by atoms with van der Waals surface area (Å²) in [6.45, 7) is 1.21. The van der Waals surface area contributed by atoms with Gasteiger partial charge in [0.15, 0.2) is 0 Å². The van der Waals surface area contributed by atoms with Crippen molar-refractivity contribution in [3.05, 3.63) is 63.8 Å². The van der Waals surface area contributed by atoms with Crippen molar-refractivity contribution in [1.29, 1.82) is 0 Å². The van der Waals surface area contributed by atoms with Crippen LogP contribution in [0.25, 0.3) is 0 Å². The van der Waals surface area contributed by atoms with Crippen LogP contribution in [0.5, 0.6) is 0 Å². The second kappa shape index (κ2) is 7.35. The maximum atomic E-state index is 13.6. The van der Waals surface area contributed by atoms with Gasteiger partial charge >= 0.3 is 0 Å². The maximum absolute atomic E-state index is 13.6. The minimum atomic E-state index is -0.351. The molecule has 1 atom stereocenters. The molecule has 1 aromatic heterocycles. The van der Waals surface area contributed by atoms with Crippen LogP contribution < -0.4 is 5.56 Å². The van der Waals surface area contributed by atoms with Crippen molar-refractivity contribution < 1.29 is 13.9 Å². The summed E-state index contributed by atoms with van der Waals surface area (Å²) in [6, 6.07) is 9.17. The summed E-state index contributed by atoms with van der Waals surface area (Å²) in [5.41, 5.74) is 0.351. The Kier molecular flexibility index (Phi) is 5.00. The molecule has 6 nitrogen and oxygen atoms in total. The highest BCUT2D eigenvalue weighted by molar-refractivity contribution is 5.92.